The molecule has 1 aliphatic rings. The topological polar surface area (TPSA) is 49.4 Å². The first-order chi connectivity index (χ1) is 8.38. The first kappa shape index (κ1) is 12.1. The molecule has 0 amide bonds. The maximum Gasteiger partial charge on any atom is 0.214 e. The predicted molar refractivity (Wildman–Crippen MR) is 68.6 cm³/mol. The van der Waals surface area contributed by atoms with Crippen LogP contribution in [0.3, 0.4) is 0 Å². The fraction of sp³-hybridized carbons (Fsp3) is 0.583. The average Bonchev–Trinajstić information content (AvgIpc) is 2.40. The van der Waals surface area contributed by atoms with Gasteiger partial charge in [0.15, 0.2) is 0 Å². The van der Waals surface area contributed by atoms with E-state index in [-0.39, 0.29) is 0 Å². The van der Waals surface area contributed by atoms with Crippen molar-refractivity contribution in [1.82, 2.24) is 15.2 Å². The van der Waals surface area contributed by atoms with Gasteiger partial charge >= 0.3 is 0 Å². The number of nitrogens with one attached hydrogen (secondary N) is 2. The van der Waals surface area contributed by atoms with Gasteiger partial charge in [0, 0.05) is 57.2 Å². The minimum absolute atomic E-state index is 0.650. The van der Waals surface area contributed by atoms with E-state index >= 15 is 0 Å². The van der Waals surface area contributed by atoms with Crippen molar-refractivity contribution in [1.29, 1.82) is 0 Å². The first-order valence-corrected chi connectivity index (χ1v) is 6.05. The Morgan fingerprint density at radius 3 is 3.06 bits per heavy atom. The van der Waals surface area contributed by atoms with Crippen molar-refractivity contribution in [3.8, 4) is 5.88 Å². The number of hydrogen-bond acceptors (Lipinski definition) is 5. The smallest absolute Gasteiger partial charge is 0.214 e. The number of hydrogen-bond donors (Lipinski definition) is 2. The minimum Gasteiger partial charge on any atom is -0.481 e. The Balaban J connectivity index is 1.73. The second kappa shape index (κ2) is 6.42. The molecule has 0 bridgehead atoms. The molecular formula is C12H20N4O. The molecule has 5 nitrogen and oxygen atoms in total. The highest BCUT2D eigenvalue weighted by molar-refractivity contribution is 5.44. The van der Waals surface area contributed by atoms with Crippen molar-refractivity contribution >= 4 is 5.69 Å². The fourth-order valence-corrected chi connectivity index (χ4v) is 1.92. The molecule has 2 N–H and O–H groups in total. The Hall–Kier alpha value is -1.33. The van der Waals surface area contributed by atoms with Gasteiger partial charge in [-0.1, -0.05) is 0 Å². The molecule has 0 aromatic carbocycles. The van der Waals surface area contributed by atoms with Gasteiger partial charge in [-0.2, -0.15) is 0 Å². The molecule has 17 heavy (non-hydrogen) atoms. The summed E-state index contributed by atoms with van der Waals surface area (Å²) in [5.74, 6) is 0.650. The second-order valence-electron chi connectivity index (χ2n) is 4.11. The van der Waals surface area contributed by atoms with Crippen molar-refractivity contribution < 1.29 is 4.74 Å². The molecule has 2 heterocycles. The molecule has 94 valence electrons. The number of nitrogens with zero attached hydrogens (tertiary/aromatic N) is 2. The number of pyridine rings is 1. The highest BCUT2D eigenvalue weighted by atomic mass is 16.5. The number of anilines is 1. The molecule has 2 rings (SSSR count). The molecule has 1 aromatic heterocycles. The molecule has 1 saturated heterocycles. The largest absolute Gasteiger partial charge is 0.481 e. The van der Waals surface area contributed by atoms with Gasteiger partial charge in [-0.25, -0.2) is 4.98 Å². The van der Waals surface area contributed by atoms with E-state index in [1.54, 1.807) is 13.3 Å². The third-order valence-corrected chi connectivity index (χ3v) is 2.91. The molecule has 5 heteroatoms. The Morgan fingerprint density at radius 1 is 1.47 bits per heavy atom. The lowest BCUT2D eigenvalue weighted by Crippen LogP contribution is -2.45. The lowest BCUT2D eigenvalue weighted by molar-refractivity contribution is 0.249. The van der Waals surface area contributed by atoms with E-state index < -0.39 is 0 Å². The van der Waals surface area contributed by atoms with E-state index in [4.69, 9.17) is 4.74 Å². The third kappa shape index (κ3) is 3.87. The summed E-state index contributed by atoms with van der Waals surface area (Å²) >= 11 is 0. The molecule has 0 unspecified atom stereocenters. The quantitative estimate of drug-likeness (QED) is 0.775. The molecule has 1 aromatic rings. The van der Waals surface area contributed by atoms with Crippen LogP contribution in [-0.4, -0.2) is 56.3 Å². The maximum absolute atomic E-state index is 5.08. The summed E-state index contributed by atoms with van der Waals surface area (Å²) in [4.78, 5) is 6.54. The summed E-state index contributed by atoms with van der Waals surface area (Å²) < 4.78 is 5.08. The number of aromatic nitrogens is 1. The maximum atomic E-state index is 5.08. The monoisotopic (exact) mass is 236 g/mol. The first-order valence-electron chi connectivity index (χ1n) is 6.05. The lowest BCUT2D eigenvalue weighted by Gasteiger charge is -2.27. The standard InChI is InChI=1S/C12H20N4O/c1-17-12-10-11(2-3-15-12)14-6-9-16-7-4-13-5-8-16/h2-3,10,13H,4-9H2,1H3,(H,14,15). The zero-order valence-electron chi connectivity index (χ0n) is 10.3. The van der Waals surface area contributed by atoms with E-state index in [1.807, 2.05) is 12.1 Å². The third-order valence-electron chi connectivity index (χ3n) is 2.91. The number of ether oxygens (including phenoxy) is 1. The van der Waals surface area contributed by atoms with Crippen molar-refractivity contribution in [2.45, 2.75) is 0 Å². The van der Waals surface area contributed by atoms with E-state index in [0.29, 0.717) is 5.88 Å². The Morgan fingerprint density at radius 2 is 2.29 bits per heavy atom. The average molecular weight is 236 g/mol. The molecule has 0 spiro atoms. The fourth-order valence-electron chi connectivity index (χ4n) is 1.92. The lowest BCUT2D eigenvalue weighted by atomic mass is 10.3. The zero-order chi connectivity index (χ0) is 11.9. The number of rotatable bonds is 5. The van der Waals surface area contributed by atoms with E-state index in [2.05, 4.69) is 20.5 Å². The zero-order valence-corrected chi connectivity index (χ0v) is 10.3. The Labute approximate surface area is 102 Å². The van der Waals surface area contributed by atoms with Gasteiger partial charge in [0.1, 0.15) is 0 Å². The van der Waals surface area contributed by atoms with E-state index in [1.165, 1.54) is 0 Å². The van der Waals surface area contributed by atoms with E-state index in [9.17, 15) is 0 Å². The van der Waals surface area contributed by atoms with Gasteiger partial charge < -0.3 is 15.4 Å². The van der Waals surface area contributed by atoms with Gasteiger partial charge in [0.2, 0.25) is 5.88 Å². The van der Waals surface area contributed by atoms with Gasteiger partial charge in [-0.05, 0) is 6.07 Å². The van der Waals surface area contributed by atoms with Gasteiger partial charge in [0.05, 0.1) is 7.11 Å². The molecular weight excluding hydrogens is 216 g/mol. The molecule has 0 aliphatic carbocycles. The van der Waals surface area contributed by atoms with Crippen molar-refractivity contribution in [3.05, 3.63) is 18.3 Å². The van der Waals surface area contributed by atoms with Crippen LogP contribution in [-0.2, 0) is 0 Å². The van der Waals surface area contributed by atoms with Crippen LogP contribution in [0, 0.1) is 0 Å². The molecule has 1 fully saturated rings. The summed E-state index contributed by atoms with van der Waals surface area (Å²) in [6.45, 7) is 6.51. The van der Waals surface area contributed by atoms with Gasteiger partial charge in [0.25, 0.3) is 0 Å². The summed E-state index contributed by atoms with van der Waals surface area (Å²) in [7, 11) is 1.63. The van der Waals surface area contributed by atoms with E-state index in [0.717, 1.165) is 45.0 Å². The summed E-state index contributed by atoms with van der Waals surface area (Å²) in [6, 6.07) is 3.87. The Kier molecular flexibility index (Phi) is 4.58. The minimum atomic E-state index is 0.650. The Bertz CT molecular complexity index is 339. The van der Waals surface area contributed by atoms with Crippen LogP contribution in [0.2, 0.25) is 0 Å². The van der Waals surface area contributed by atoms with Crippen molar-refractivity contribution in [2.24, 2.45) is 0 Å². The summed E-state index contributed by atoms with van der Waals surface area (Å²) in [5, 5.41) is 6.74. The van der Waals surface area contributed by atoms with Gasteiger partial charge in [-0.3, -0.25) is 4.90 Å². The van der Waals surface area contributed by atoms with Crippen LogP contribution in [0.15, 0.2) is 18.3 Å². The van der Waals surface area contributed by atoms with Crippen LogP contribution < -0.4 is 15.4 Å². The normalized spacial score (nSPS) is 16.8. The SMILES string of the molecule is COc1cc(NCCN2CCNCC2)ccn1. The van der Waals surface area contributed by atoms with Crippen LogP contribution >= 0.6 is 0 Å². The highest BCUT2D eigenvalue weighted by Gasteiger charge is 2.08. The highest BCUT2D eigenvalue weighted by Crippen LogP contribution is 2.12. The summed E-state index contributed by atoms with van der Waals surface area (Å²) in [5.41, 5.74) is 1.06. The van der Waals surface area contributed by atoms with Crippen LogP contribution in [0.4, 0.5) is 5.69 Å². The van der Waals surface area contributed by atoms with Crippen LogP contribution in [0.1, 0.15) is 0 Å². The summed E-state index contributed by atoms with van der Waals surface area (Å²) in [6.07, 6.45) is 1.76. The number of methoxy groups -OCH3 is 1. The van der Waals surface area contributed by atoms with Crippen molar-refractivity contribution in [3.63, 3.8) is 0 Å². The molecule has 0 radical (unpaired) electrons. The van der Waals surface area contributed by atoms with Crippen LogP contribution in [0.25, 0.3) is 0 Å². The van der Waals surface area contributed by atoms with Crippen LogP contribution in [0.5, 0.6) is 5.88 Å². The van der Waals surface area contributed by atoms with Crippen molar-refractivity contribution in [2.75, 3.05) is 51.7 Å². The van der Waals surface area contributed by atoms with Gasteiger partial charge in [-0.15, -0.1) is 0 Å². The molecule has 0 atom stereocenters. The predicted octanol–water partition coefficient (Wildman–Crippen LogP) is 0.407. The molecule has 1 aliphatic heterocycles. The number of piperazine rings is 1. The molecule has 0 saturated carbocycles. The second-order valence-corrected chi connectivity index (χ2v) is 4.11.